The Labute approximate surface area is 399 Å². The lowest BCUT2D eigenvalue weighted by Crippen LogP contribution is -2.10. The number of anilines is 3. The van der Waals surface area contributed by atoms with E-state index in [1.807, 2.05) is 42.5 Å². The van der Waals surface area contributed by atoms with Crippen LogP contribution in [0.1, 0.15) is 13.7 Å². The minimum absolute atomic E-state index is 0.0987. The monoisotopic (exact) mass is 850 g/mol. The summed E-state index contributed by atoms with van der Waals surface area (Å²) in [4.78, 5) is 2.06. The second-order valence-corrected chi connectivity index (χ2v) is 16.2. The average Bonchev–Trinajstić information content (AvgIpc) is 3.81. The summed E-state index contributed by atoms with van der Waals surface area (Å²) >= 11 is 0. The third-order valence-corrected chi connectivity index (χ3v) is 12.4. The van der Waals surface area contributed by atoms with E-state index in [4.69, 9.17) is 13.7 Å². The zero-order valence-corrected chi connectivity index (χ0v) is 35.5. The molecule has 0 amide bonds. The second kappa shape index (κ2) is 16.8. The molecule has 0 radical (unpaired) electrons. The lowest BCUT2D eigenvalue weighted by molar-refractivity contribution is 1.18. The Morgan fingerprint density at radius 2 is 0.758 bits per heavy atom. The summed E-state index contributed by atoms with van der Waals surface area (Å²) in [6.07, 6.45) is 0. The van der Waals surface area contributed by atoms with Gasteiger partial charge in [-0.3, -0.25) is 0 Å². The molecular weight excluding hydrogens is 797 g/mol. The fourth-order valence-corrected chi connectivity index (χ4v) is 9.20. The summed E-state index contributed by atoms with van der Waals surface area (Å²) in [5, 5.41) is 4.30. The Morgan fingerprint density at radius 3 is 1.39 bits per heavy atom. The maximum atomic E-state index is 8.64. The van der Waals surface area contributed by atoms with Crippen LogP contribution in [0.2, 0.25) is 0 Å². The minimum atomic E-state index is -0.459. The summed E-state index contributed by atoms with van der Waals surface area (Å²) in [5.74, 6) is 0. The van der Waals surface area contributed by atoms with Crippen LogP contribution in [0.25, 0.3) is 93.9 Å². The molecule has 1 heterocycles. The molecular formula is C64H44N2. The number of hydrogen-bond acceptors (Lipinski definition) is 1. The third-order valence-electron chi connectivity index (χ3n) is 12.4. The quantitative estimate of drug-likeness (QED) is 0.140. The van der Waals surface area contributed by atoms with Gasteiger partial charge in [-0.05, 0) is 116 Å². The maximum Gasteiger partial charge on any atom is 0.0629 e. The number of fused-ring (bicyclic) bond motifs is 4. The Bertz CT molecular complexity index is 4080. The van der Waals surface area contributed by atoms with E-state index in [-0.39, 0.29) is 35.3 Å². The molecule has 0 unspecified atom stereocenters. The predicted molar refractivity (Wildman–Crippen MR) is 280 cm³/mol. The largest absolute Gasteiger partial charge is 0.310 e. The van der Waals surface area contributed by atoms with Crippen LogP contribution in [-0.4, -0.2) is 4.57 Å². The van der Waals surface area contributed by atoms with Gasteiger partial charge >= 0.3 is 0 Å². The summed E-state index contributed by atoms with van der Waals surface area (Å²) < 4.78 is 86.4. The smallest absolute Gasteiger partial charge is 0.0629 e. The van der Waals surface area contributed by atoms with Crippen LogP contribution < -0.4 is 4.90 Å². The SMILES string of the molecule is [2H]c1c([2H])c([2H])c(-c2ccc(N(c3ccc(-c4c([2H])c([2H])c([2H])c([2H])c4[2H])cc3)c3ccc(-c4ccc(-c5ccc6c7ccccc7n(-c7ccc(-c8ccccc8)cc7)c6c5)cc4)c4ccccc34)cc2)c([2H])c1[2H]. The number of rotatable bonds is 9. The van der Waals surface area contributed by atoms with E-state index in [2.05, 4.69) is 149 Å². The van der Waals surface area contributed by atoms with E-state index in [1.54, 1.807) is 24.3 Å². The molecule has 0 spiro atoms. The van der Waals surface area contributed by atoms with Crippen molar-refractivity contribution in [2.45, 2.75) is 0 Å². The molecule has 66 heavy (non-hydrogen) atoms. The van der Waals surface area contributed by atoms with Gasteiger partial charge in [0.2, 0.25) is 0 Å². The van der Waals surface area contributed by atoms with Crippen molar-refractivity contribution in [3.05, 3.63) is 267 Å². The Hall–Kier alpha value is -8.72. The van der Waals surface area contributed by atoms with Gasteiger partial charge < -0.3 is 9.47 Å². The normalized spacial score (nSPS) is 13.5. The molecule has 0 fully saturated rings. The van der Waals surface area contributed by atoms with Crippen molar-refractivity contribution in [3.8, 4) is 61.3 Å². The van der Waals surface area contributed by atoms with Crippen molar-refractivity contribution < 1.29 is 13.7 Å². The first-order valence-corrected chi connectivity index (χ1v) is 21.8. The number of para-hydroxylation sites is 1. The van der Waals surface area contributed by atoms with Crippen molar-refractivity contribution in [2.24, 2.45) is 0 Å². The van der Waals surface area contributed by atoms with Crippen LogP contribution >= 0.6 is 0 Å². The van der Waals surface area contributed by atoms with Gasteiger partial charge in [0.1, 0.15) is 0 Å². The van der Waals surface area contributed by atoms with Crippen molar-refractivity contribution in [3.63, 3.8) is 0 Å². The van der Waals surface area contributed by atoms with Gasteiger partial charge in [0.15, 0.2) is 0 Å². The number of benzene rings is 11. The lowest BCUT2D eigenvalue weighted by Gasteiger charge is -2.28. The zero-order chi connectivity index (χ0) is 52.5. The van der Waals surface area contributed by atoms with Crippen LogP contribution in [0.3, 0.4) is 0 Å². The third kappa shape index (κ3) is 7.12. The molecule has 2 heteroatoms. The van der Waals surface area contributed by atoms with Crippen LogP contribution in [0, 0.1) is 0 Å². The van der Waals surface area contributed by atoms with Crippen molar-refractivity contribution in [1.82, 2.24) is 4.57 Å². The molecule has 0 N–H and O–H groups in total. The predicted octanol–water partition coefficient (Wildman–Crippen LogP) is 17.7. The highest BCUT2D eigenvalue weighted by Gasteiger charge is 2.19. The lowest BCUT2D eigenvalue weighted by atomic mass is 9.94. The highest BCUT2D eigenvalue weighted by molar-refractivity contribution is 6.10. The molecule has 2 nitrogen and oxygen atoms in total. The van der Waals surface area contributed by atoms with E-state index in [0.29, 0.717) is 22.5 Å². The van der Waals surface area contributed by atoms with Gasteiger partial charge in [-0.2, -0.15) is 0 Å². The van der Waals surface area contributed by atoms with E-state index >= 15 is 0 Å². The van der Waals surface area contributed by atoms with Crippen LogP contribution in [-0.2, 0) is 0 Å². The van der Waals surface area contributed by atoms with Gasteiger partial charge in [0, 0.05) is 33.2 Å². The average molecular weight is 851 g/mol. The first kappa shape index (κ1) is 29.6. The van der Waals surface area contributed by atoms with Gasteiger partial charge in [0.05, 0.1) is 30.4 Å². The molecule has 0 aliphatic rings. The first-order valence-electron chi connectivity index (χ1n) is 26.8. The van der Waals surface area contributed by atoms with Crippen LogP contribution in [0.5, 0.6) is 0 Å². The second-order valence-electron chi connectivity index (χ2n) is 16.2. The van der Waals surface area contributed by atoms with Gasteiger partial charge in [-0.15, -0.1) is 0 Å². The summed E-state index contributed by atoms with van der Waals surface area (Å²) in [5.41, 5.74) is 13.2. The highest BCUT2D eigenvalue weighted by Crippen LogP contribution is 2.43. The van der Waals surface area contributed by atoms with Gasteiger partial charge in [0.25, 0.3) is 0 Å². The van der Waals surface area contributed by atoms with Crippen molar-refractivity contribution >= 4 is 49.6 Å². The number of nitrogens with zero attached hydrogens (tertiary/aromatic N) is 2. The van der Waals surface area contributed by atoms with Crippen LogP contribution in [0.4, 0.5) is 17.1 Å². The number of hydrogen-bond donors (Lipinski definition) is 0. The Balaban J connectivity index is 0.934. The molecule has 1 aromatic heterocycles. The van der Waals surface area contributed by atoms with E-state index in [9.17, 15) is 0 Å². The van der Waals surface area contributed by atoms with E-state index < -0.39 is 36.3 Å². The molecule has 310 valence electrons. The Morgan fingerprint density at radius 1 is 0.303 bits per heavy atom. The fourth-order valence-electron chi connectivity index (χ4n) is 9.20. The van der Waals surface area contributed by atoms with Gasteiger partial charge in [-0.1, -0.05) is 212 Å². The molecule has 11 aromatic carbocycles. The van der Waals surface area contributed by atoms with E-state index in [1.165, 1.54) is 16.3 Å². The molecule has 0 aliphatic carbocycles. The molecule has 0 saturated carbocycles. The van der Waals surface area contributed by atoms with E-state index in [0.717, 1.165) is 61.0 Å². The maximum absolute atomic E-state index is 8.64. The molecule has 0 aliphatic heterocycles. The fraction of sp³-hybridized carbons (Fsp3) is 0. The molecule has 12 rings (SSSR count). The summed E-state index contributed by atoms with van der Waals surface area (Å²) in [6, 6.07) is 66.0. The summed E-state index contributed by atoms with van der Waals surface area (Å²) in [6.45, 7) is 0. The standard InChI is InChI=1S/C64H44N2/c1-4-14-45(15-5-1)48-28-35-54(36-29-48)65(55-37-30-49(31-38-55)46-16-6-2-7-17-46)63-43-42-57(58-20-10-11-21-59(58)63)52-26-24-51(25-27-52)53-34-41-61-60-22-12-13-23-62(60)66(64(61)44-53)56-39-32-50(33-40-56)47-18-8-3-9-19-47/h1-44H/i1D,2D,4D,5D,6D,7D,14D,15D,16D,17D. The topological polar surface area (TPSA) is 8.17 Å². The number of aromatic nitrogens is 1. The van der Waals surface area contributed by atoms with Crippen molar-refractivity contribution in [2.75, 3.05) is 4.90 Å². The van der Waals surface area contributed by atoms with Crippen LogP contribution in [0.15, 0.2) is 267 Å². The first-order chi connectivity index (χ1) is 36.9. The highest BCUT2D eigenvalue weighted by atomic mass is 15.1. The minimum Gasteiger partial charge on any atom is -0.310 e. The van der Waals surface area contributed by atoms with Gasteiger partial charge in [-0.25, -0.2) is 0 Å². The molecule has 0 bridgehead atoms. The Kier molecular flexibility index (Phi) is 7.52. The molecule has 0 saturated heterocycles. The molecule has 12 aromatic rings. The molecule has 0 atom stereocenters. The summed E-state index contributed by atoms with van der Waals surface area (Å²) in [7, 11) is 0. The zero-order valence-electron chi connectivity index (χ0n) is 45.5. The van der Waals surface area contributed by atoms with Crippen molar-refractivity contribution in [1.29, 1.82) is 0 Å².